The Bertz CT molecular complexity index is 915. The number of esters is 1. The summed E-state index contributed by atoms with van der Waals surface area (Å²) in [5, 5.41) is 0. The van der Waals surface area contributed by atoms with Gasteiger partial charge in [-0.2, -0.15) is 0 Å². The first-order valence-corrected chi connectivity index (χ1v) is 10.1. The minimum Gasteiger partial charge on any atom is -0.455 e. The SMILES string of the molecule is Cc1ccc(C(=O)O[C@H](CN2CCOCC2)CN2C(=O)c3ccccc3C2=O)cc1. The van der Waals surface area contributed by atoms with Gasteiger partial charge in [0.15, 0.2) is 0 Å². The molecule has 4 rings (SSSR count). The summed E-state index contributed by atoms with van der Waals surface area (Å²) >= 11 is 0. The Morgan fingerprint density at radius 3 is 2.17 bits per heavy atom. The van der Waals surface area contributed by atoms with Crippen LogP contribution in [0.4, 0.5) is 0 Å². The first-order valence-electron chi connectivity index (χ1n) is 10.1. The smallest absolute Gasteiger partial charge is 0.338 e. The van der Waals surface area contributed by atoms with Crippen LogP contribution < -0.4 is 0 Å². The van der Waals surface area contributed by atoms with Gasteiger partial charge < -0.3 is 9.47 Å². The zero-order valence-electron chi connectivity index (χ0n) is 16.9. The molecular formula is C23H24N2O5. The fourth-order valence-corrected chi connectivity index (χ4v) is 3.72. The molecule has 1 fully saturated rings. The zero-order chi connectivity index (χ0) is 21.1. The van der Waals surface area contributed by atoms with Gasteiger partial charge in [-0.3, -0.25) is 19.4 Å². The van der Waals surface area contributed by atoms with E-state index in [4.69, 9.17) is 9.47 Å². The van der Waals surface area contributed by atoms with Crippen LogP contribution in [0, 0.1) is 6.92 Å². The number of fused-ring (bicyclic) bond motifs is 1. The second kappa shape index (κ2) is 8.77. The van der Waals surface area contributed by atoms with Crippen LogP contribution in [0.25, 0.3) is 0 Å². The van der Waals surface area contributed by atoms with Crippen LogP contribution in [-0.4, -0.2) is 73.1 Å². The number of morpholine rings is 1. The van der Waals surface area contributed by atoms with Gasteiger partial charge in [0.2, 0.25) is 0 Å². The van der Waals surface area contributed by atoms with Crippen LogP contribution in [0.1, 0.15) is 36.6 Å². The van der Waals surface area contributed by atoms with Crippen molar-refractivity contribution in [3.8, 4) is 0 Å². The van der Waals surface area contributed by atoms with E-state index >= 15 is 0 Å². The maximum absolute atomic E-state index is 12.8. The molecule has 0 radical (unpaired) electrons. The van der Waals surface area contributed by atoms with Crippen LogP contribution in [0.5, 0.6) is 0 Å². The molecule has 2 heterocycles. The first kappa shape index (κ1) is 20.3. The zero-order valence-corrected chi connectivity index (χ0v) is 16.9. The molecule has 2 aromatic rings. The third-order valence-electron chi connectivity index (χ3n) is 5.39. The summed E-state index contributed by atoms with van der Waals surface area (Å²) in [5.74, 6) is -1.17. The van der Waals surface area contributed by atoms with Gasteiger partial charge in [0.05, 0.1) is 36.4 Å². The van der Waals surface area contributed by atoms with Gasteiger partial charge >= 0.3 is 5.97 Å². The summed E-state index contributed by atoms with van der Waals surface area (Å²) in [5.41, 5.74) is 2.26. The van der Waals surface area contributed by atoms with Crippen LogP contribution in [0.15, 0.2) is 48.5 Å². The summed E-state index contributed by atoms with van der Waals surface area (Å²) in [6.07, 6.45) is -0.640. The molecule has 1 saturated heterocycles. The van der Waals surface area contributed by atoms with E-state index in [1.54, 1.807) is 36.4 Å². The molecule has 1 atom stereocenters. The highest BCUT2D eigenvalue weighted by Crippen LogP contribution is 2.23. The predicted octanol–water partition coefficient (Wildman–Crippen LogP) is 2.15. The second-order valence-electron chi connectivity index (χ2n) is 7.57. The number of ether oxygens (including phenoxy) is 2. The van der Waals surface area contributed by atoms with E-state index in [9.17, 15) is 14.4 Å². The van der Waals surface area contributed by atoms with Crippen LogP contribution in [-0.2, 0) is 9.47 Å². The van der Waals surface area contributed by atoms with Crippen LogP contribution in [0.2, 0.25) is 0 Å². The molecule has 7 nitrogen and oxygen atoms in total. The molecule has 156 valence electrons. The first-order chi connectivity index (χ1) is 14.5. The van der Waals surface area contributed by atoms with E-state index in [0.717, 1.165) is 5.56 Å². The van der Waals surface area contributed by atoms with Crippen molar-refractivity contribution >= 4 is 17.8 Å². The van der Waals surface area contributed by atoms with E-state index in [-0.39, 0.29) is 18.4 Å². The van der Waals surface area contributed by atoms with Crippen molar-refractivity contribution in [3.63, 3.8) is 0 Å². The Hall–Kier alpha value is -3.03. The number of hydrogen-bond acceptors (Lipinski definition) is 6. The average molecular weight is 408 g/mol. The fourth-order valence-electron chi connectivity index (χ4n) is 3.72. The molecule has 0 N–H and O–H groups in total. The van der Waals surface area contributed by atoms with Gasteiger partial charge in [0.25, 0.3) is 11.8 Å². The summed E-state index contributed by atoms with van der Waals surface area (Å²) in [7, 11) is 0. The highest BCUT2D eigenvalue weighted by molar-refractivity contribution is 6.21. The van der Waals surface area contributed by atoms with E-state index < -0.39 is 12.1 Å². The van der Waals surface area contributed by atoms with Crippen molar-refractivity contribution in [3.05, 3.63) is 70.8 Å². The molecule has 2 aliphatic rings. The monoisotopic (exact) mass is 408 g/mol. The molecule has 0 spiro atoms. The minimum atomic E-state index is -0.640. The lowest BCUT2D eigenvalue weighted by Crippen LogP contribution is -2.47. The lowest BCUT2D eigenvalue weighted by atomic mass is 10.1. The topological polar surface area (TPSA) is 76.2 Å². The molecular weight excluding hydrogens is 384 g/mol. The number of aryl methyl sites for hydroxylation is 1. The van der Waals surface area contributed by atoms with Crippen molar-refractivity contribution < 1.29 is 23.9 Å². The minimum absolute atomic E-state index is 0.0152. The molecule has 0 aromatic heterocycles. The molecule has 30 heavy (non-hydrogen) atoms. The Morgan fingerprint density at radius 2 is 1.57 bits per heavy atom. The number of imide groups is 1. The van der Waals surface area contributed by atoms with Gasteiger partial charge in [-0.05, 0) is 31.2 Å². The normalized spacial score (nSPS) is 17.7. The van der Waals surface area contributed by atoms with Gasteiger partial charge in [0.1, 0.15) is 6.10 Å². The fraction of sp³-hybridized carbons (Fsp3) is 0.348. The van der Waals surface area contributed by atoms with E-state index in [2.05, 4.69) is 4.90 Å². The number of carbonyl (C=O) groups excluding carboxylic acids is 3. The quantitative estimate of drug-likeness (QED) is 0.539. The Kier molecular flexibility index (Phi) is 5.92. The Labute approximate surface area is 175 Å². The number of carbonyl (C=O) groups is 3. The average Bonchev–Trinajstić information content (AvgIpc) is 3.00. The molecule has 0 saturated carbocycles. The largest absolute Gasteiger partial charge is 0.455 e. The summed E-state index contributed by atoms with van der Waals surface area (Å²) < 4.78 is 11.2. The van der Waals surface area contributed by atoms with Crippen LogP contribution in [0.3, 0.4) is 0 Å². The third-order valence-corrected chi connectivity index (χ3v) is 5.39. The van der Waals surface area contributed by atoms with Crippen molar-refractivity contribution in [2.45, 2.75) is 13.0 Å². The van der Waals surface area contributed by atoms with E-state index in [1.165, 1.54) is 4.90 Å². The summed E-state index contributed by atoms with van der Waals surface area (Å²) in [4.78, 5) is 41.5. The number of rotatable bonds is 6. The highest BCUT2D eigenvalue weighted by Gasteiger charge is 2.37. The predicted molar refractivity (Wildman–Crippen MR) is 109 cm³/mol. The van der Waals surface area contributed by atoms with Gasteiger partial charge in [-0.15, -0.1) is 0 Å². The van der Waals surface area contributed by atoms with Crippen LogP contribution >= 0.6 is 0 Å². The van der Waals surface area contributed by atoms with Crippen molar-refractivity contribution in [1.29, 1.82) is 0 Å². The van der Waals surface area contributed by atoms with E-state index in [0.29, 0.717) is 49.5 Å². The van der Waals surface area contributed by atoms with Gasteiger partial charge in [0, 0.05) is 19.6 Å². The molecule has 0 unspecified atom stereocenters. The number of benzene rings is 2. The lowest BCUT2D eigenvalue weighted by molar-refractivity contribution is -0.0105. The highest BCUT2D eigenvalue weighted by atomic mass is 16.5. The maximum Gasteiger partial charge on any atom is 0.338 e. The number of amides is 2. The molecule has 7 heteroatoms. The number of hydrogen-bond donors (Lipinski definition) is 0. The lowest BCUT2D eigenvalue weighted by Gasteiger charge is -2.31. The van der Waals surface area contributed by atoms with Gasteiger partial charge in [-0.25, -0.2) is 4.79 Å². The number of nitrogens with zero attached hydrogens (tertiary/aromatic N) is 2. The van der Waals surface area contributed by atoms with Crippen molar-refractivity contribution in [1.82, 2.24) is 9.80 Å². The molecule has 2 aromatic carbocycles. The van der Waals surface area contributed by atoms with Gasteiger partial charge in [-0.1, -0.05) is 29.8 Å². The molecule has 0 bridgehead atoms. The molecule has 0 aliphatic carbocycles. The van der Waals surface area contributed by atoms with Crippen molar-refractivity contribution in [2.75, 3.05) is 39.4 Å². The molecule has 2 aliphatic heterocycles. The maximum atomic E-state index is 12.8. The summed E-state index contributed by atoms with van der Waals surface area (Å²) in [6, 6.07) is 13.9. The Morgan fingerprint density at radius 1 is 0.967 bits per heavy atom. The third kappa shape index (κ3) is 4.27. The van der Waals surface area contributed by atoms with E-state index in [1.807, 2.05) is 19.1 Å². The standard InChI is InChI=1S/C23H24N2O5/c1-16-6-8-17(9-7-16)23(28)30-18(14-24-10-12-29-13-11-24)15-25-21(26)19-4-2-3-5-20(19)22(25)27/h2-9,18H,10-15H2,1H3/t18-/m1/s1. The Balaban J connectivity index is 1.51. The van der Waals surface area contributed by atoms with Crippen molar-refractivity contribution in [2.24, 2.45) is 0 Å². The summed E-state index contributed by atoms with van der Waals surface area (Å²) in [6.45, 7) is 5.01. The second-order valence-corrected chi connectivity index (χ2v) is 7.57. The molecule has 2 amide bonds.